The third kappa shape index (κ3) is 5.05. The van der Waals surface area contributed by atoms with Crippen LogP contribution in [-0.2, 0) is 14.3 Å². The molecule has 2 N–H and O–H groups in total. The molecule has 3 aliphatic heterocycles. The van der Waals surface area contributed by atoms with Gasteiger partial charge in [-0.1, -0.05) is 35.9 Å². The zero-order valence-corrected chi connectivity index (χ0v) is 19.1. The summed E-state index contributed by atoms with van der Waals surface area (Å²) in [6.07, 6.45) is 1.60. The van der Waals surface area contributed by atoms with Crippen molar-refractivity contribution in [2.45, 2.75) is 6.04 Å². The van der Waals surface area contributed by atoms with E-state index in [1.54, 1.807) is 24.3 Å². The van der Waals surface area contributed by atoms with Crippen molar-refractivity contribution < 1.29 is 19.1 Å². The minimum Gasteiger partial charge on any atom is -0.379 e. The molecule has 1 unspecified atom stereocenters. The number of nitrogens with one attached hydrogen (secondary N) is 2. The van der Waals surface area contributed by atoms with Crippen molar-refractivity contribution in [1.29, 1.82) is 0 Å². The first-order valence-electron chi connectivity index (χ1n) is 11.0. The van der Waals surface area contributed by atoms with Crippen LogP contribution in [0.5, 0.6) is 0 Å². The molecule has 10 heteroatoms. The van der Waals surface area contributed by atoms with Crippen LogP contribution in [0.2, 0.25) is 5.02 Å². The molecule has 1 aromatic rings. The van der Waals surface area contributed by atoms with E-state index in [-0.39, 0.29) is 37.5 Å². The van der Waals surface area contributed by atoms with Crippen molar-refractivity contribution in [3.8, 4) is 0 Å². The molecule has 0 spiro atoms. The molecule has 0 bridgehead atoms. The van der Waals surface area contributed by atoms with Gasteiger partial charge in [-0.15, -0.1) is 6.58 Å². The zero-order chi connectivity index (χ0) is 23.4. The lowest BCUT2D eigenvalue weighted by molar-refractivity contribution is -0.131. The van der Waals surface area contributed by atoms with Crippen LogP contribution in [0, 0.1) is 0 Å². The highest BCUT2D eigenvalue weighted by Crippen LogP contribution is 2.38. The number of halogens is 1. The van der Waals surface area contributed by atoms with Crippen molar-refractivity contribution in [3.05, 3.63) is 58.8 Å². The summed E-state index contributed by atoms with van der Waals surface area (Å²) in [6, 6.07) is 6.10. The molecular weight excluding hydrogens is 446 g/mol. The van der Waals surface area contributed by atoms with E-state index in [1.807, 2.05) is 6.07 Å². The number of nitrogens with zero attached hydrogens (tertiary/aromatic N) is 3. The first kappa shape index (κ1) is 23.3. The van der Waals surface area contributed by atoms with Crippen LogP contribution >= 0.6 is 11.6 Å². The summed E-state index contributed by atoms with van der Waals surface area (Å²) in [5.41, 5.74) is 1.66. The fourth-order valence-electron chi connectivity index (χ4n) is 4.35. The molecule has 4 rings (SSSR count). The van der Waals surface area contributed by atoms with Crippen LogP contribution in [0.4, 0.5) is 4.79 Å². The Morgan fingerprint density at radius 1 is 1.27 bits per heavy atom. The van der Waals surface area contributed by atoms with Gasteiger partial charge in [0, 0.05) is 37.7 Å². The van der Waals surface area contributed by atoms with Crippen LogP contribution in [-0.4, -0.2) is 91.6 Å². The molecule has 33 heavy (non-hydrogen) atoms. The lowest BCUT2D eigenvalue weighted by Gasteiger charge is -2.33. The molecule has 9 nitrogen and oxygen atoms in total. The minimum atomic E-state index is -0.677. The van der Waals surface area contributed by atoms with Gasteiger partial charge in [0.15, 0.2) is 0 Å². The van der Waals surface area contributed by atoms with E-state index in [0.717, 1.165) is 19.6 Å². The molecule has 4 amide bonds. The van der Waals surface area contributed by atoms with Crippen molar-refractivity contribution in [2.75, 3.05) is 59.0 Å². The van der Waals surface area contributed by atoms with Gasteiger partial charge in [0.25, 0.3) is 5.91 Å². The standard InChI is InChI=1S/C23H28ClN5O4/c1-2-8-29-18-14-28(15-19(30)25-7-9-27-10-12-33-13-11-27)22(31)20(18)21(26-23(29)32)16-5-3-4-6-17(16)24/h2-6,21H,1,7-15H2,(H,25,30)(H,26,32). The molecule has 176 valence electrons. The Bertz CT molecular complexity index is 975. The zero-order valence-electron chi connectivity index (χ0n) is 18.4. The fraction of sp³-hybridized carbons (Fsp3) is 0.435. The number of hydrogen-bond acceptors (Lipinski definition) is 5. The second-order valence-electron chi connectivity index (χ2n) is 8.13. The Balaban J connectivity index is 1.46. The van der Waals surface area contributed by atoms with Gasteiger partial charge in [-0.25, -0.2) is 4.79 Å². The van der Waals surface area contributed by atoms with Crippen molar-refractivity contribution >= 4 is 29.4 Å². The van der Waals surface area contributed by atoms with Crippen LogP contribution in [0.3, 0.4) is 0 Å². The number of ether oxygens (including phenoxy) is 1. The summed E-state index contributed by atoms with van der Waals surface area (Å²) in [4.78, 5) is 43.9. The van der Waals surface area contributed by atoms with Gasteiger partial charge >= 0.3 is 6.03 Å². The molecule has 0 saturated carbocycles. The van der Waals surface area contributed by atoms with E-state index in [4.69, 9.17) is 16.3 Å². The minimum absolute atomic E-state index is 0.0830. The normalized spacial score (nSPS) is 21.2. The summed E-state index contributed by atoms with van der Waals surface area (Å²) in [5.74, 6) is -0.521. The number of carbonyl (C=O) groups is 3. The Morgan fingerprint density at radius 2 is 2.03 bits per heavy atom. The van der Waals surface area contributed by atoms with Crippen molar-refractivity contribution in [1.82, 2.24) is 25.3 Å². The van der Waals surface area contributed by atoms with Crippen molar-refractivity contribution in [2.24, 2.45) is 0 Å². The second kappa shape index (κ2) is 10.4. The Hall–Kier alpha value is -2.88. The summed E-state index contributed by atoms with van der Waals surface area (Å²) in [5, 5.41) is 6.23. The van der Waals surface area contributed by atoms with Gasteiger partial charge in [-0.2, -0.15) is 0 Å². The summed E-state index contributed by atoms with van der Waals surface area (Å²) >= 11 is 6.38. The van der Waals surface area contributed by atoms with E-state index in [1.165, 1.54) is 9.80 Å². The quantitative estimate of drug-likeness (QED) is 0.552. The molecular formula is C23H28ClN5O4. The number of carbonyl (C=O) groups excluding carboxylic acids is 3. The maximum Gasteiger partial charge on any atom is 0.322 e. The lowest BCUT2D eigenvalue weighted by atomic mass is 9.95. The summed E-state index contributed by atoms with van der Waals surface area (Å²) in [7, 11) is 0. The predicted molar refractivity (Wildman–Crippen MR) is 124 cm³/mol. The first-order chi connectivity index (χ1) is 16.0. The third-order valence-electron chi connectivity index (χ3n) is 6.01. The molecule has 3 heterocycles. The van der Waals surface area contributed by atoms with Crippen LogP contribution in [0.1, 0.15) is 11.6 Å². The smallest absolute Gasteiger partial charge is 0.322 e. The number of benzene rings is 1. The Morgan fingerprint density at radius 3 is 2.76 bits per heavy atom. The van der Waals surface area contributed by atoms with E-state index in [2.05, 4.69) is 22.1 Å². The van der Waals surface area contributed by atoms with Crippen molar-refractivity contribution in [3.63, 3.8) is 0 Å². The van der Waals surface area contributed by atoms with E-state index < -0.39 is 6.04 Å². The lowest BCUT2D eigenvalue weighted by Crippen LogP contribution is -2.47. The van der Waals surface area contributed by atoms with Gasteiger partial charge in [-0.05, 0) is 11.6 Å². The topological polar surface area (TPSA) is 94.2 Å². The van der Waals surface area contributed by atoms with Gasteiger partial charge in [0.1, 0.15) is 6.54 Å². The van der Waals surface area contributed by atoms with Crippen LogP contribution < -0.4 is 10.6 Å². The SMILES string of the molecule is C=CCN1C(=O)NC(c2ccccc2Cl)C2=C1CN(CC(=O)NCCN1CCOCC1)C2=O. The Kier molecular flexibility index (Phi) is 7.32. The summed E-state index contributed by atoms with van der Waals surface area (Å²) in [6.45, 7) is 8.39. The highest BCUT2D eigenvalue weighted by molar-refractivity contribution is 6.31. The molecule has 1 fully saturated rings. The largest absolute Gasteiger partial charge is 0.379 e. The van der Waals surface area contributed by atoms with E-state index >= 15 is 0 Å². The van der Waals surface area contributed by atoms with E-state index in [0.29, 0.717) is 41.6 Å². The maximum absolute atomic E-state index is 13.4. The van der Waals surface area contributed by atoms with E-state index in [9.17, 15) is 14.4 Å². The van der Waals surface area contributed by atoms with Gasteiger partial charge < -0.3 is 20.3 Å². The Labute approximate surface area is 198 Å². The number of hydrogen-bond donors (Lipinski definition) is 2. The second-order valence-corrected chi connectivity index (χ2v) is 8.54. The molecule has 1 aromatic carbocycles. The summed E-state index contributed by atoms with van der Waals surface area (Å²) < 4.78 is 5.33. The maximum atomic E-state index is 13.4. The molecule has 1 saturated heterocycles. The highest BCUT2D eigenvalue weighted by atomic mass is 35.5. The average molecular weight is 474 g/mol. The number of urea groups is 1. The van der Waals surface area contributed by atoms with Crippen LogP contribution in [0.25, 0.3) is 0 Å². The van der Waals surface area contributed by atoms with Gasteiger partial charge in [0.2, 0.25) is 5.91 Å². The average Bonchev–Trinajstić information content (AvgIpc) is 3.12. The molecule has 0 aromatic heterocycles. The number of rotatable bonds is 8. The monoisotopic (exact) mass is 473 g/mol. The molecule has 0 radical (unpaired) electrons. The predicted octanol–water partition coefficient (Wildman–Crippen LogP) is 1.14. The number of morpholine rings is 1. The highest BCUT2D eigenvalue weighted by Gasteiger charge is 2.44. The van der Waals surface area contributed by atoms with Gasteiger partial charge in [-0.3, -0.25) is 19.4 Å². The van der Waals surface area contributed by atoms with Gasteiger partial charge in [0.05, 0.1) is 37.1 Å². The third-order valence-corrected chi connectivity index (χ3v) is 6.36. The molecule has 1 atom stereocenters. The fourth-order valence-corrected chi connectivity index (χ4v) is 4.59. The van der Waals surface area contributed by atoms with Crippen LogP contribution in [0.15, 0.2) is 48.2 Å². The molecule has 0 aliphatic carbocycles. The number of amides is 4. The molecule has 3 aliphatic rings. The first-order valence-corrected chi connectivity index (χ1v) is 11.4.